The van der Waals surface area contributed by atoms with Crippen molar-refractivity contribution >= 4 is 5.97 Å². The fourth-order valence-electron chi connectivity index (χ4n) is 1.93. The molecular formula is C12H20O4. The highest BCUT2D eigenvalue weighted by atomic mass is 16.7. The number of methoxy groups -OCH3 is 2. The molecule has 0 N–H and O–H groups in total. The summed E-state index contributed by atoms with van der Waals surface area (Å²) in [7, 11) is 2.99. The third-order valence-electron chi connectivity index (χ3n) is 3.15. The Labute approximate surface area is 96.6 Å². The van der Waals surface area contributed by atoms with Gasteiger partial charge < -0.3 is 14.2 Å². The van der Waals surface area contributed by atoms with Crippen molar-refractivity contribution in [1.29, 1.82) is 0 Å². The van der Waals surface area contributed by atoms with Gasteiger partial charge in [-0.15, -0.1) is 0 Å². The molecule has 0 heterocycles. The Kier molecular flexibility index (Phi) is 4.96. The molecule has 0 radical (unpaired) electrons. The lowest BCUT2D eigenvalue weighted by Crippen LogP contribution is -2.32. The van der Waals surface area contributed by atoms with E-state index < -0.39 is 0 Å². The largest absolute Gasteiger partial charge is 0.466 e. The van der Waals surface area contributed by atoms with Crippen molar-refractivity contribution in [2.75, 3.05) is 21.0 Å². The molecule has 0 aromatic carbocycles. The summed E-state index contributed by atoms with van der Waals surface area (Å²) < 4.78 is 15.2. The quantitative estimate of drug-likeness (QED) is 0.543. The molecule has 0 amide bonds. The van der Waals surface area contributed by atoms with Gasteiger partial charge in [0.2, 0.25) is 0 Å². The summed E-state index contributed by atoms with van der Waals surface area (Å²) in [6.07, 6.45) is 2.60. The lowest BCUT2D eigenvalue weighted by molar-refractivity contribution is -0.138. The minimum absolute atomic E-state index is 0.0223. The molecule has 3 atom stereocenters. The molecule has 0 saturated carbocycles. The van der Waals surface area contributed by atoms with Gasteiger partial charge in [0.15, 0.2) is 0 Å². The molecular weight excluding hydrogens is 208 g/mol. The van der Waals surface area contributed by atoms with E-state index in [4.69, 9.17) is 14.2 Å². The zero-order chi connectivity index (χ0) is 12.1. The van der Waals surface area contributed by atoms with Gasteiger partial charge in [-0.2, -0.15) is 0 Å². The van der Waals surface area contributed by atoms with Crippen LogP contribution in [0, 0.1) is 11.8 Å². The molecule has 16 heavy (non-hydrogen) atoms. The van der Waals surface area contributed by atoms with Crippen LogP contribution < -0.4 is 0 Å². The molecule has 3 unspecified atom stereocenters. The fraction of sp³-hybridized carbons (Fsp3) is 0.750. The smallest absolute Gasteiger partial charge is 0.333 e. The van der Waals surface area contributed by atoms with Crippen molar-refractivity contribution in [3.63, 3.8) is 0 Å². The molecule has 0 aromatic heterocycles. The molecule has 1 aliphatic carbocycles. The van der Waals surface area contributed by atoms with Crippen molar-refractivity contribution in [2.45, 2.75) is 26.4 Å². The fourth-order valence-corrected chi connectivity index (χ4v) is 1.93. The first-order valence-corrected chi connectivity index (χ1v) is 5.49. The Bertz CT molecular complexity index is 272. The normalized spacial score (nSPS) is 29.8. The van der Waals surface area contributed by atoms with Crippen LogP contribution in [0.15, 0.2) is 11.6 Å². The van der Waals surface area contributed by atoms with Crippen LogP contribution in [0.3, 0.4) is 0 Å². The summed E-state index contributed by atoms with van der Waals surface area (Å²) in [6.45, 7) is 4.46. The predicted molar refractivity (Wildman–Crippen MR) is 59.8 cm³/mol. The van der Waals surface area contributed by atoms with Crippen molar-refractivity contribution in [2.24, 2.45) is 11.8 Å². The molecule has 0 bridgehead atoms. The lowest BCUT2D eigenvalue weighted by atomic mass is 9.81. The topological polar surface area (TPSA) is 44.8 Å². The van der Waals surface area contributed by atoms with E-state index in [1.54, 1.807) is 7.11 Å². The molecule has 0 aromatic rings. The van der Waals surface area contributed by atoms with Crippen molar-refractivity contribution in [1.82, 2.24) is 0 Å². The Morgan fingerprint density at radius 2 is 2.12 bits per heavy atom. The molecule has 0 saturated heterocycles. The highest BCUT2D eigenvalue weighted by molar-refractivity contribution is 5.88. The Morgan fingerprint density at radius 3 is 2.69 bits per heavy atom. The summed E-state index contributed by atoms with van der Waals surface area (Å²) >= 11 is 0. The summed E-state index contributed by atoms with van der Waals surface area (Å²) in [5.74, 6) is 0.429. The zero-order valence-corrected chi connectivity index (χ0v) is 10.4. The zero-order valence-electron chi connectivity index (χ0n) is 10.4. The third-order valence-corrected chi connectivity index (χ3v) is 3.15. The van der Waals surface area contributed by atoms with Crippen LogP contribution in [0.1, 0.15) is 20.3 Å². The van der Waals surface area contributed by atoms with Crippen LogP contribution in [0.25, 0.3) is 0 Å². The number of allylic oxidation sites excluding steroid dienone is 1. The average molecular weight is 228 g/mol. The monoisotopic (exact) mass is 228 g/mol. The SMILES string of the molecule is COCOC1CC(C(=O)OC)=CC(C)C1C. The molecule has 92 valence electrons. The minimum atomic E-state index is -0.259. The standard InChI is InChI=1S/C12H20O4/c1-8-5-10(12(13)15-4)6-11(9(8)2)16-7-14-3/h5,8-9,11H,6-7H2,1-4H3. The number of ether oxygens (including phenoxy) is 3. The van der Waals surface area contributed by atoms with Crippen LogP contribution in [-0.2, 0) is 19.0 Å². The second-order valence-corrected chi connectivity index (χ2v) is 4.22. The maximum absolute atomic E-state index is 11.5. The Balaban J connectivity index is 2.69. The van der Waals surface area contributed by atoms with Gasteiger partial charge in [0.1, 0.15) is 6.79 Å². The summed E-state index contributed by atoms with van der Waals surface area (Å²) in [6, 6.07) is 0. The number of hydrogen-bond acceptors (Lipinski definition) is 4. The highest BCUT2D eigenvalue weighted by Gasteiger charge is 2.31. The molecule has 0 spiro atoms. The highest BCUT2D eigenvalue weighted by Crippen LogP contribution is 2.31. The second-order valence-electron chi connectivity index (χ2n) is 4.22. The number of esters is 1. The van der Waals surface area contributed by atoms with Gasteiger partial charge in [-0.3, -0.25) is 0 Å². The van der Waals surface area contributed by atoms with Crippen molar-refractivity contribution in [3.8, 4) is 0 Å². The second kappa shape index (κ2) is 6.01. The Morgan fingerprint density at radius 1 is 1.44 bits per heavy atom. The maximum Gasteiger partial charge on any atom is 0.333 e. The minimum Gasteiger partial charge on any atom is -0.466 e. The average Bonchev–Trinajstić information content (AvgIpc) is 2.29. The van der Waals surface area contributed by atoms with Gasteiger partial charge in [0.25, 0.3) is 0 Å². The van der Waals surface area contributed by atoms with Crippen LogP contribution in [0.5, 0.6) is 0 Å². The van der Waals surface area contributed by atoms with Crippen LogP contribution in [0.2, 0.25) is 0 Å². The number of carbonyl (C=O) groups is 1. The first-order valence-electron chi connectivity index (χ1n) is 5.49. The summed E-state index contributed by atoms with van der Waals surface area (Å²) in [4.78, 5) is 11.5. The number of carbonyl (C=O) groups excluding carboxylic acids is 1. The summed E-state index contributed by atoms with van der Waals surface area (Å²) in [5, 5.41) is 0. The molecule has 4 heteroatoms. The van der Waals surface area contributed by atoms with Crippen molar-refractivity contribution in [3.05, 3.63) is 11.6 Å². The summed E-state index contributed by atoms with van der Waals surface area (Å²) in [5.41, 5.74) is 0.703. The lowest BCUT2D eigenvalue weighted by Gasteiger charge is -2.32. The number of hydrogen-bond donors (Lipinski definition) is 0. The molecule has 4 nitrogen and oxygen atoms in total. The first kappa shape index (κ1) is 13.2. The number of rotatable bonds is 4. The third kappa shape index (κ3) is 3.06. The first-order chi connectivity index (χ1) is 7.60. The molecule has 0 fully saturated rings. The molecule has 1 aliphatic rings. The van der Waals surface area contributed by atoms with Gasteiger partial charge in [-0.25, -0.2) is 4.79 Å². The van der Waals surface area contributed by atoms with Gasteiger partial charge in [0.05, 0.1) is 13.2 Å². The van der Waals surface area contributed by atoms with E-state index in [0.717, 1.165) is 0 Å². The van der Waals surface area contributed by atoms with Crippen LogP contribution in [0.4, 0.5) is 0 Å². The van der Waals surface area contributed by atoms with Gasteiger partial charge in [-0.05, 0) is 11.8 Å². The van der Waals surface area contributed by atoms with E-state index in [1.165, 1.54) is 7.11 Å². The van der Waals surface area contributed by atoms with Gasteiger partial charge >= 0.3 is 5.97 Å². The van der Waals surface area contributed by atoms with Crippen molar-refractivity contribution < 1.29 is 19.0 Å². The maximum atomic E-state index is 11.5. The van der Waals surface area contributed by atoms with Gasteiger partial charge in [-0.1, -0.05) is 19.9 Å². The van der Waals surface area contributed by atoms with E-state index in [1.807, 2.05) is 6.08 Å². The van der Waals surface area contributed by atoms with E-state index in [0.29, 0.717) is 23.8 Å². The van der Waals surface area contributed by atoms with Crippen LogP contribution in [-0.4, -0.2) is 33.1 Å². The Hall–Kier alpha value is -0.870. The van der Waals surface area contributed by atoms with Crippen LogP contribution >= 0.6 is 0 Å². The van der Waals surface area contributed by atoms with E-state index in [2.05, 4.69) is 13.8 Å². The van der Waals surface area contributed by atoms with E-state index in [-0.39, 0.29) is 18.9 Å². The van der Waals surface area contributed by atoms with E-state index in [9.17, 15) is 4.79 Å². The molecule has 0 aliphatic heterocycles. The predicted octanol–water partition coefficient (Wildman–Crippen LogP) is 1.75. The van der Waals surface area contributed by atoms with E-state index >= 15 is 0 Å². The molecule has 1 rings (SSSR count). The van der Waals surface area contributed by atoms with Gasteiger partial charge in [0, 0.05) is 19.1 Å².